The van der Waals surface area contributed by atoms with Crippen LogP contribution in [0.1, 0.15) is 39.0 Å². The van der Waals surface area contributed by atoms with Gasteiger partial charge in [-0.25, -0.2) is 4.68 Å². The van der Waals surface area contributed by atoms with Crippen molar-refractivity contribution in [1.29, 1.82) is 0 Å². The van der Waals surface area contributed by atoms with E-state index in [4.69, 9.17) is 4.74 Å². The van der Waals surface area contributed by atoms with E-state index in [1.165, 1.54) is 0 Å². The van der Waals surface area contributed by atoms with Gasteiger partial charge in [0, 0.05) is 20.2 Å². The molecular weight excluding hydrogens is 452 g/mol. The lowest BCUT2D eigenvalue weighted by Gasteiger charge is -2.33. The molecule has 1 aromatic heterocycles. The number of hydrogen-bond donors (Lipinski definition) is 3. The Balaban J connectivity index is 1.46. The average molecular weight is 485 g/mol. The first-order valence-electron chi connectivity index (χ1n) is 12.3. The van der Waals surface area contributed by atoms with Crippen molar-refractivity contribution >= 4 is 28.8 Å². The minimum atomic E-state index is -1.06. The van der Waals surface area contributed by atoms with Gasteiger partial charge in [0.2, 0.25) is 17.7 Å². The SMILES string of the molecule is CC[C@]12CCC3(O1)C(C(=O)NCn1nnc4ccccc41)N(CCCCO)C(=O)[C@@H]3[C@H]2C(=O)NC. The Bertz CT molecular complexity index is 1150. The quantitative estimate of drug-likeness (QED) is 0.432. The number of aliphatic hydroxyl groups excluding tert-OH is 1. The van der Waals surface area contributed by atoms with Crippen LogP contribution in [0.15, 0.2) is 24.3 Å². The average Bonchev–Trinajstić information content (AvgIpc) is 3.59. The highest BCUT2D eigenvalue weighted by Gasteiger charge is 2.78. The third-order valence-electron chi connectivity index (χ3n) is 8.09. The molecule has 5 rings (SSSR count). The smallest absolute Gasteiger partial charge is 0.247 e. The summed E-state index contributed by atoms with van der Waals surface area (Å²) in [5.74, 6) is -2.14. The molecule has 4 heterocycles. The Morgan fingerprint density at radius 3 is 2.77 bits per heavy atom. The van der Waals surface area contributed by atoms with Gasteiger partial charge in [0.15, 0.2) is 0 Å². The Kier molecular flexibility index (Phi) is 6.00. The summed E-state index contributed by atoms with van der Waals surface area (Å²) < 4.78 is 8.24. The predicted octanol–water partition coefficient (Wildman–Crippen LogP) is 0.178. The van der Waals surface area contributed by atoms with Crippen molar-refractivity contribution in [2.24, 2.45) is 11.8 Å². The van der Waals surface area contributed by atoms with Gasteiger partial charge in [0.05, 0.1) is 23.0 Å². The topological polar surface area (TPSA) is 139 Å². The number of para-hydroxylation sites is 1. The van der Waals surface area contributed by atoms with Crippen molar-refractivity contribution in [2.75, 3.05) is 20.2 Å². The number of nitrogens with zero attached hydrogens (tertiary/aromatic N) is 4. The molecule has 3 aliphatic rings. The molecule has 2 bridgehead atoms. The van der Waals surface area contributed by atoms with Gasteiger partial charge < -0.3 is 25.4 Å². The second kappa shape index (κ2) is 8.87. The van der Waals surface area contributed by atoms with Crippen molar-refractivity contribution < 1.29 is 24.2 Å². The second-order valence-corrected chi connectivity index (χ2v) is 9.69. The van der Waals surface area contributed by atoms with E-state index in [0.29, 0.717) is 38.6 Å². The molecule has 11 heteroatoms. The molecule has 0 aliphatic carbocycles. The monoisotopic (exact) mass is 484 g/mol. The van der Waals surface area contributed by atoms with Gasteiger partial charge in [-0.05, 0) is 44.2 Å². The maximum atomic E-state index is 13.8. The summed E-state index contributed by atoms with van der Waals surface area (Å²) in [6.45, 7) is 2.37. The summed E-state index contributed by atoms with van der Waals surface area (Å²) in [6, 6.07) is 6.60. The molecule has 3 saturated heterocycles. The van der Waals surface area contributed by atoms with Gasteiger partial charge in [0.1, 0.15) is 23.8 Å². The van der Waals surface area contributed by atoms with Crippen LogP contribution < -0.4 is 10.6 Å². The minimum absolute atomic E-state index is 0.00312. The molecule has 188 valence electrons. The fourth-order valence-electron chi connectivity index (χ4n) is 6.49. The van der Waals surface area contributed by atoms with Crippen LogP contribution in [0.4, 0.5) is 0 Å². The number of likely N-dealkylation sites (tertiary alicyclic amines) is 1. The Hall–Kier alpha value is -3.05. The summed E-state index contributed by atoms with van der Waals surface area (Å²) >= 11 is 0. The first-order chi connectivity index (χ1) is 16.9. The highest BCUT2D eigenvalue weighted by atomic mass is 16.5. The largest absolute Gasteiger partial charge is 0.396 e. The van der Waals surface area contributed by atoms with Crippen molar-refractivity contribution in [3.05, 3.63) is 24.3 Å². The van der Waals surface area contributed by atoms with E-state index < -0.39 is 29.1 Å². The first-order valence-corrected chi connectivity index (χ1v) is 12.3. The van der Waals surface area contributed by atoms with Gasteiger partial charge in [-0.1, -0.05) is 24.3 Å². The fourth-order valence-corrected chi connectivity index (χ4v) is 6.49. The van der Waals surface area contributed by atoms with Gasteiger partial charge in [0.25, 0.3) is 0 Å². The zero-order chi connectivity index (χ0) is 24.8. The van der Waals surface area contributed by atoms with Crippen molar-refractivity contribution in [3.63, 3.8) is 0 Å². The Morgan fingerprint density at radius 2 is 2.03 bits per heavy atom. The molecule has 3 fully saturated rings. The van der Waals surface area contributed by atoms with Crippen molar-refractivity contribution in [3.8, 4) is 0 Å². The summed E-state index contributed by atoms with van der Waals surface area (Å²) in [7, 11) is 1.56. The number of hydrogen-bond acceptors (Lipinski definition) is 7. The lowest BCUT2D eigenvalue weighted by Crippen LogP contribution is -2.55. The zero-order valence-electron chi connectivity index (χ0n) is 20.1. The molecule has 0 radical (unpaired) electrons. The lowest BCUT2D eigenvalue weighted by atomic mass is 9.65. The van der Waals surface area contributed by atoms with Crippen LogP contribution in [0.3, 0.4) is 0 Å². The summed E-state index contributed by atoms with van der Waals surface area (Å²) in [5, 5.41) is 23.2. The Morgan fingerprint density at radius 1 is 1.23 bits per heavy atom. The third-order valence-corrected chi connectivity index (χ3v) is 8.09. The first kappa shape index (κ1) is 23.7. The Labute approximate surface area is 203 Å². The summed E-state index contributed by atoms with van der Waals surface area (Å²) in [4.78, 5) is 42.1. The molecule has 35 heavy (non-hydrogen) atoms. The maximum absolute atomic E-state index is 13.8. The van der Waals surface area contributed by atoms with Crippen LogP contribution in [-0.2, 0) is 25.8 Å². The van der Waals surface area contributed by atoms with E-state index in [1.807, 2.05) is 31.2 Å². The van der Waals surface area contributed by atoms with Gasteiger partial charge >= 0.3 is 0 Å². The fraction of sp³-hybridized carbons (Fsp3) is 0.625. The van der Waals surface area contributed by atoms with Crippen LogP contribution in [-0.4, -0.2) is 80.2 Å². The molecule has 3 aliphatic heterocycles. The standard InChI is InChI=1S/C24H32N6O5/c1-3-23-10-11-24(35-23)18(17(23)20(32)25-2)22(34)29(12-6-7-13-31)19(24)21(33)26-14-30-16-9-5-4-8-15(16)27-28-30/h4-5,8-9,17-19,31H,3,6-7,10-14H2,1-2H3,(H,25,32)(H,26,33)/t17-,18-,19?,23+,24?/m0/s1. The van der Waals surface area contributed by atoms with Gasteiger partial charge in [-0.3, -0.25) is 14.4 Å². The number of fused-ring (bicyclic) bond motifs is 2. The van der Waals surface area contributed by atoms with Crippen LogP contribution in [0, 0.1) is 11.8 Å². The number of carbonyl (C=O) groups excluding carboxylic acids is 3. The number of nitrogens with one attached hydrogen (secondary N) is 2. The van der Waals surface area contributed by atoms with E-state index in [9.17, 15) is 19.5 Å². The van der Waals surface area contributed by atoms with Crippen LogP contribution >= 0.6 is 0 Å². The molecule has 2 unspecified atom stereocenters. The molecule has 2 aromatic rings. The van der Waals surface area contributed by atoms with Crippen LogP contribution in [0.2, 0.25) is 0 Å². The molecule has 3 amide bonds. The molecule has 1 aromatic carbocycles. The predicted molar refractivity (Wildman–Crippen MR) is 125 cm³/mol. The summed E-state index contributed by atoms with van der Waals surface area (Å²) in [5.41, 5.74) is -0.303. The number of amides is 3. The van der Waals surface area contributed by atoms with E-state index in [2.05, 4.69) is 20.9 Å². The molecule has 3 N–H and O–H groups in total. The van der Waals surface area contributed by atoms with Crippen molar-refractivity contribution in [2.45, 2.75) is 62.9 Å². The number of benzene rings is 1. The highest BCUT2D eigenvalue weighted by Crippen LogP contribution is 2.64. The second-order valence-electron chi connectivity index (χ2n) is 9.69. The molecule has 0 saturated carbocycles. The highest BCUT2D eigenvalue weighted by molar-refractivity contribution is 5.99. The van der Waals surface area contributed by atoms with Gasteiger partial charge in [-0.15, -0.1) is 5.10 Å². The number of rotatable bonds is 9. The number of aliphatic hydroxyl groups is 1. The zero-order valence-corrected chi connectivity index (χ0v) is 20.1. The maximum Gasteiger partial charge on any atom is 0.247 e. The van der Waals surface area contributed by atoms with E-state index >= 15 is 0 Å². The van der Waals surface area contributed by atoms with Crippen LogP contribution in [0.25, 0.3) is 11.0 Å². The third kappa shape index (κ3) is 3.43. The number of ether oxygens (including phenoxy) is 1. The van der Waals surface area contributed by atoms with Crippen LogP contribution in [0.5, 0.6) is 0 Å². The normalized spacial score (nSPS) is 31.2. The summed E-state index contributed by atoms with van der Waals surface area (Å²) in [6.07, 6.45) is 2.80. The minimum Gasteiger partial charge on any atom is -0.396 e. The molecular formula is C24H32N6O5. The lowest BCUT2D eigenvalue weighted by molar-refractivity contribution is -0.147. The molecule has 11 nitrogen and oxygen atoms in total. The van der Waals surface area contributed by atoms with E-state index in [0.717, 1.165) is 11.0 Å². The molecule has 5 atom stereocenters. The number of aromatic nitrogens is 3. The molecule has 1 spiro atoms. The van der Waals surface area contributed by atoms with E-state index in [-0.39, 0.29) is 31.0 Å². The van der Waals surface area contributed by atoms with E-state index in [1.54, 1.807) is 16.6 Å². The number of carbonyl (C=O) groups is 3. The van der Waals surface area contributed by atoms with Gasteiger partial charge in [-0.2, -0.15) is 0 Å². The van der Waals surface area contributed by atoms with Crippen molar-refractivity contribution in [1.82, 2.24) is 30.5 Å². The number of unbranched alkanes of at least 4 members (excludes halogenated alkanes) is 1.